The first-order valence-electron chi connectivity index (χ1n) is 6.63. The molecule has 122 valence electrons. The minimum Gasteiger partial charge on any atom is -0.329 e. The number of aryl methyl sites for hydroxylation is 1. The van der Waals surface area contributed by atoms with E-state index < -0.39 is 10.8 Å². The highest BCUT2D eigenvalue weighted by molar-refractivity contribution is 7.99. The zero-order valence-corrected chi connectivity index (χ0v) is 13.4. The molecule has 10 heteroatoms. The van der Waals surface area contributed by atoms with Crippen molar-refractivity contribution >= 4 is 29.6 Å². The number of nitriles is 1. The number of aromatic nitrogens is 2. The second-order valence-corrected chi connectivity index (χ2v) is 5.54. The average molecular weight is 344 g/mol. The maximum atomic E-state index is 11.3. The van der Waals surface area contributed by atoms with Crippen molar-refractivity contribution in [2.24, 2.45) is 12.1 Å². The first-order chi connectivity index (χ1) is 11.5. The van der Waals surface area contributed by atoms with E-state index in [1.54, 1.807) is 42.2 Å². The van der Waals surface area contributed by atoms with Gasteiger partial charge in [0.05, 0.1) is 22.1 Å². The third kappa shape index (κ3) is 4.40. The molecule has 1 heterocycles. The highest BCUT2D eigenvalue weighted by atomic mass is 32.2. The van der Waals surface area contributed by atoms with Crippen molar-refractivity contribution in [3.05, 3.63) is 46.3 Å². The highest BCUT2D eigenvalue weighted by Crippen LogP contribution is 2.34. The molecule has 0 unspecified atom stereocenters. The number of benzene rings is 1. The van der Waals surface area contributed by atoms with E-state index in [4.69, 9.17) is 5.26 Å². The van der Waals surface area contributed by atoms with E-state index in [1.807, 2.05) is 0 Å². The van der Waals surface area contributed by atoms with Gasteiger partial charge >= 0.3 is 0 Å². The van der Waals surface area contributed by atoms with Crippen molar-refractivity contribution in [3.8, 4) is 6.07 Å². The molecule has 0 fully saturated rings. The van der Waals surface area contributed by atoms with Crippen LogP contribution in [0.1, 0.15) is 12.0 Å². The van der Waals surface area contributed by atoms with Crippen molar-refractivity contribution in [1.29, 1.82) is 5.26 Å². The zero-order chi connectivity index (χ0) is 17.5. The van der Waals surface area contributed by atoms with Gasteiger partial charge in [-0.25, -0.2) is 10.4 Å². The number of hydrazone groups is 1. The summed E-state index contributed by atoms with van der Waals surface area (Å²) < 4.78 is 1.76. The summed E-state index contributed by atoms with van der Waals surface area (Å²) in [6.07, 6.45) is 4.33. The molecule has 9 nitrogen and oxygen atoms in total. The molecule has 0 saturated heterocycles. The average Bonchev–Trinajstić information content (AvgIpc) is 2.94. The lowest BCUT2D eigenvalue weighted by Crippen LogP contribution is -2.16. The van der Waals surface area contributed by atoms with Crippen molar-refractivity contribution in [1.82, 2.24) is 15.0 Å². The minimum absolute atomic E-state index is 0.0877. The van der Waals surface area contributed by atoms with Gasteiger partial charge in [-0.1, -0.05) is 6.07 Å². The summed E-state index contributed by atoms with van der Waals surface area (Å²) in [4.78, 5) is 26.5. The van der Waals surface area contributed by atoms with Gasteiger partial charge in [0.2, 0.25) is 0 Å². The first kappa shape index (κ1) is 17.2. The normalized spacial score (nSPS) is 10.5. The number of hydrogen-bond acceptors (Lipinski definition) is 7. The van der Waals surface area contributed by atoms with Gasteiger partial charge in [0, 0.05) is 31.1 Å². The van der Waals surface area contributed by atoms with Crippen LogP contribution in [0.2, 0.25) is 0 Å². The Morgan fingerprint density at radius 2 is 2.42 bits per heavy atom. The molecular weight excluding hydrogens is 332 g/mol. The molecule has 0 atom stereocenters. The van der Waals surface area contributed by atoms with Crippen LogP contribution in [0, 0.1) is 21.4 Å². The summed E-state index contributed by atoms with van der Waals surface area (Å²) in [6.45, 7) is 0. The van der Waals surface area contributed by atoms with Crippen LogP contribution in [0.25, 0.3) is 0 Å². The zero-order valence-electron chi connectivity index (χ0n) is 12.5. The molecule has 0 saturated carbocycles. The lowest BCUT2D eigenvalue weighted by atomic mass is 10.2. The Balaban J connectivity index is 2.19. The third-order valence-corrected chi connectivity index (χ3v) is 3.94. The van der Waals surface area contributed by atoms with Gasteiger partial charge in [-0.15, -0.1) is 0 Å². The Morgan fingerprint density at radius 3 is 3.04 bits per heavy atom. The van der Waals surface area contributed by atoms with Gasteiger partial charge in [-0.05, 0) is 17.8 Å². The number of imidazole rings is 1. The number of rotatable bonds is 6. The minimum atomic E-state index is -0.551. The lowest BCUT2D eigenvalue weighted by molar-refractivity contribution is -0.387. The lowest BCUT2D eigenvalue weighted by Gasteiger charge is -2.04. The molecule has 2 rings (SSSR count). The second kappa shape index (κ2) is 7.89. The molecule has 0 aliphatic carbocycles. The van der Waals surface area contributed by atoms with E-state index in [0.29, 0.717) is 15.6 Å². The van der Waals surface area contributed by atoms with Crippen LogP contribution < -0.4 is 5.43 Å². The number of nitrogens with zero attached hydrogens (tertiary/aromatic N) is 5. The Bertz CT molecular complexity index is 839. The maximum absolute atomic E-state index is 11.3. The van der Waals surface area contributed by atoms with E-state index in [2.05, 4.69) is 15.5 Å². The van der Waals surface area contributed by atoms with Crippen LogP contribution in [0.5, 0.6) is 0 Å². The Labute approximate surface area is 141 Å². The van der Waals surface area contributed by atoms with E-state index in [1.165, 1.54) is 24.0 Å². The first-order valence-corrected chi connectivity index (χ1v) is 7.45. The molecule has 0 spiro atoms. The van der Waals surface area contributed by atoms with Crippen LogP contribution in [-0.4, -0.2) is 26.6 Å². The summed E-state index contributed by atoms with van der Waals surface area (Å²) in [5.74, 6) is -0.551. The molecule has 1 aromatic carbocycles. The topological polar surface area (TPSA) is 126 Å². The van der Waals surface area contributed by atoms with E-state index >= 15 is 0 Å². The number of nitro benzene ring substituents is 1. The maximum Gasteiger partial charge on any atom is 0.283 e. The number of hydrogen-bond donors (Lipinski definition) is 1. The molecule has 1 amide bonds. The van der Waals surface area contributed by atoms with Gasteiger partial charge in [0.1, 0.15) is 6.42 Å². The largest absolute Gasteiger partial charge is 0.329 e. The van der Waals surface area contributed by atoms with Crippen LogP contribution in [0.4, 0.5) is 5.69 Å². The van der Waals surface area contributed by atoms with E-state index in [9.17, 15) is 14.9 Å². The number of carbonyl (C=O) groups excluding carboxylic acids is 1. The Morgan fingerprint density at radius 1 is 1.62 bits per heavy atom. The van der Waals surface area contributed by atoms with E-state index in [-0.39, 0.29) is 12.1 Å². The van der Waals surface area contributed by atoms with Crippen LogP contribution in [0.3, 0.4) is 0 Å². The van der Waals surface area contributed by atoms with Crippen LogP contribution in [0.15, 0.2) is 45.7 Å². The van der Waals surface area contributed by atoms with Crippen molar-refractivity contribution < 1.29 is 9.72 Å². The van der Waals surface area contributed by atoms with Gasteiger partial charge in [-0.3, -0.25) is 14.9 Å². The fraction of sp³-hybridized carbons (Fsp3) is 0.143. The number of nitrogens with one attached hydrogen (secondary N) is 1. The molecule has 0 aliphatic heterocycles. The molecule has 0 radical (unpaired) electrons. The monoisotopic (exact) mass is 344 g/mol. The summed E-state index contributed by atoms with van der Waals surface area (Å²) >= 11 is 1.18. The molecular formula is C14H12N6O3S. The number of nitro groups is 1. The predicted molar refractivity (Wildman–Crippen MR) is 86.4 cm³/mol. The van der Waals surface area contributed by atoms with Gasteiger partial charge in [0.25, 0.3) is 11.6 Å². The quantitative estimate of drug-likeness (QED) is 0.484. The van der Waals surface area contributed by atoms with Crippen LogP contribution >= 0.6 is 11.8 Å². The summed E-state index contributed by atoms with van der Waals surface area (Å²) in [6, 6.07) is 6.27. The van der Waals surface area contributed by atoms with Crippen molar-refractivity contribution in [2.45, 2.75) is 16.5 Å². The second-order valence-electron chi connectivity index (χ2n) is 4.54. The fourth-order valence-corrected chi connectivity index (χ4v) is 2.57. The van der Waals surface area contributed by atoms with Gasteiger partial charge in [0.15, 0.2) is 5.16 Å². The molecule has 1 N–H and O–H groups in total. The van der Waals surface area contributed by atoms with Crippen LogP contribution in [-0.2, 0) is 11.8 Å². The molecule has 0 aliphatic rings. The molecule has 1 aromatic heterocycles. The summed E-state index contributed by atoms with van der Waals surface area (Å²) in [5.41, 5.74) is 2.52. The standard InChI is InChI=1S/C14H12N6O3S/c1-19-7-6-16-14(19)24-12-3-2-10(8-11(12)20(22)23)9-17-18-13(21)4-5-15/h2-3,6-9H,4H2,1H3,(H,18,21)/b17-9-. The van der Waals surface area contributed by atoms with Crippen molar-refractivity contribution in [3.63, 3.8) is 0 Å². The summed E-state index contributed by atoms with van der Waals surface area (Å²) in [5, 5.41) is 23.9. The summed E-state index contributed by atoms with van der Waals surface area (Å²) in [7, 11) is 1.80. The molecule has 0 bridgehead atoms. The fourth-order valence-electron chi connectivity index (χ4n) is 1.68. The Kier molecular flexibility index (Phi) is 5.64. The predicted octanol–water partition coefficient (Wildman–Crippen LogP) is 1.84. The number of amides is 1. The Hall–Kier alpha value is -3.19. The number of carbonyl (C=O) groups is 1. The SMILES string of the molecule is Cn1ccnc1Sc1ccc(/C=N\NC(=O)CC#N)cc1[N+](=O)[O-]. The van der Waals surface area contributed by atoms with Gasteiger partial charge in [-0.2, -0.15) is 10.4 Å². The molecule has 24 heavy (non-hydrogen) atoms. The molecule has 2 aromatic rings. The third-order valence-electron chi connectivity index (χ3n) is 2.80. The smallest absolute Gasteiger partial charge is 0.283 e. The highest BCUT2D eigenvalue weighted by Gasteiger charge is 2.17. The van der Waals surface area contributed by atoms with E-state index in [0.717, 1.165) is 0 Å². The van der Waals surface area contributed by atoms with Crippen molar-refractivity contribution in [2.75, 3.05) is 0 Å². The van der Waals surface area contributed by atoms with Gasteiger partial charge < -0.3 is 4.57 Å².